The first kappa shape index (κ1) is 12.0. The second-order valence-corrected chi connectivity index (χ2v) is 2.95. The Labute approximate surface area is 80.8 Å². The number of hydrogen-bond acceptors (Lipinski definition) is 2. The van der Waals surface area contributed by atoms with Crippen molar-refractivity contribution in [2.45, 2.75) is 13.3 Å². The number of aliphatic hydroxyl groups is 1. The minimum atomic E-state index is 0.319. The monoisotopic (exact) mass is 181 g/mol. The van der Waals surface area contributed by atoms with E-state index in [0.29, 0.717) is 6.61 Å². The molecule has 1 rings (SSSR count). The van der Waals surface area contributed by atoms with Gasteiger partial charge in [-0.25, -0.2) is 0 Å². The summed E-state index contributed by atoms with van der Waals surface area (Å²) in [5.41, 5.74) is 1.25. The number of aliphatic hydroxyl groups excluding tert-OH is 1. The number of anilines is 1. The van der Waals surface area contributed by atoms with Crippen LogP contribution in [-0.2, 0) is 0 Å². The van der Waals surface area contributed by atoms with Crippen LogP contribution in [0.3, 0.4) is 0 Å². The third kappa shape index (κ3) is 6.17. The first-order chi connectivity index (χ1) is 6.22. The van der Waals surface area contributed by atoms with Crippen LogP contribution in [0.5, 0.6) is 0 Å². The van der Waals surface area contributed by atoms with Gasteiger partial charge in [0.2, 0.25) is 0 Å². The Balaban J connectivity index is 0.000000310. The Morgan fingerprint density at radius 3 is 1.85 bits per heavy atom. The quantitative estimate of drug-likeness (QED) is 0.755. The van der Waals surface area contributed by atoms with Gasteiger partial charge in [0.05, 0.1) is 0 Å². The number of hydrogen-bond donors (Lipinski definition) is 1. The van der Waals surface area contributed by atoms with Crippen LogP contribution >= 0.6 is 0 Å². The molecule has 0 amide bonds. The summed E-state index contributed by atoms with van der Waals surface area (Å²) < 4.78 is 0. The molecular formula is C11H19NO. The zero-order chi connectivity index (χ0) is 10.1. The van der Waals surface area contributed by atoms with Crippen LogP contribution in [0.25, 0.3) is 0 Å². The van der Waals surface area contributed by atoms with Crippen molar-refractivity contribution >= 4 is 5.69 Å². The van der Waals surface area contributed by atoms with Crippen molar-refractivity contribution in [1.29, 1.82) is 0 Å². The molecule has 0 bridgehead atoms. The van der Waals surface area contributed by atoms with Crippen molar-refractivity contribution in [3.63, 3.8) is 0 Å². The normalized spacial score (nSPS) is 8.62. The van der Waals surface area contributed by atoms with Crippen LogP contribution in [-0.4, -0.2) is 25.8 Å². The van der Waals surface area contributed by atoms with Crippen LogP contribution < -0.4 is 4.90 Å². The molecule has 74 valence electrons. The lowest BCUT2D eigenvalue weighted by atomic mass is 10.3. The highest BCUT2D eigenvalue weighted by Crippen LogP contribution is 2.07. The van der Waals surface area contributed by atoms with Crippen LogP contribution in [0.1, 0.15) is 13.3 Å². The molecular weight excluding hydrogens is 162 g/mol. The molecule has 0 unspecified atom stereocenters. The molecule has 0 saturated carbocycles. The smallest absolute Gasteiger partial charge is 0.0428 e. The van der Waals surface area contributed by atoms with Crippen molar-refractivity contribution in [1.82, 2.24) is 0 Å². The summed E-state index contributed by atoms with van der Waals surface area (Å²) in [4.78, 5) is 2.08. The molecule has 0 aromatic heterocycles. The SMILES string of the molecule is CCCO.CN(C)c1ccccc1. The van der Waals surface area contributed by atoms with Gasteiger partial charge in [-0.3, -0.25) is 0 Å². The molecule has 0 heterocycles. The Bertz CT molecular complexity index is 195. The minimum Gasteiger partial charge on any atom is -0.396 e. The fourth-order valence-corrected chi connectivity index (χ4v) is 0.726. The molecule has 2 nitrogen and oxygen atoms in total. The lowest BCUT2D eigenvalue weighted by Gasteiger charge is -2.10. The van der Waals surface area contributed by atoms with E-state index in [1.54, 1.807) is 0 Å². The molecule has 0 radical (unpaired) electrons. The molecule has 1 aromatic rings. The maximum Gasteiger partial charge on any atom is 0.0428 e. The van der Waals surface area contributed by atoms with Gasteiger partial charge >= 0.3 is 0 Å². The lowest BCUT2D eigenvalue weighted by Crippen LogP contribution is -2.07. The Hall–Kier alpha value is -1.02. The van der Waals surface area contributed by atoms with Crippen molar-refractivity contribution in [2.75, 3.05) is 25.6 Å². The van der Waals surface area contributed by atoms with Gasteiger partial charge in [-0.15, -0.1) is 0 Å². The second kappa shape index (κ2) is 7.62. The molecule has 0 aliphatic heterocycles. The predicted octanol–water partition coefficient (Wildman–Crippen LogP) is 2.14. The van der Waals surface area contributed by atoms with E-state index in [1.165, 1.54) is 5.69 Å². The van der Waals surface area contributed by atoms with E-state index in [4.69, 9.17) is 5.11 Å². The molecule has 1 aromatic carbocycles. The summed E-state index contributed by atoms with van der Waals surface area (Å²) in [6.07, 6.45) is 0.875. The van der Waals surface area contributed by atoms with Crippen LogP contribution in [0, 0.1) is 0 Å². The largest absolute Gasteiger partial charge is 0.396 e. The van der Waals surface area contributed by atoms with Gasteiger partial charge in [0.1, 0.15) is 0 Å². The predicted molar refractivity (Wildman–Crippen MR) is 58.1 cm³/mol. The van der Waals surface area contributed by atoms with Crippen molar-refractivity contribution < 1.29 is 5.11 Å². The number of para-hydroxylation sites is 1. The molecule has 1 N–H and O–H groups in total. The van der Waals surface area contributed by atoms with Crippen molar-refractivity contribution in [3.05, 3.63) is 30.3 Å². The van der Waals surface area contributed by atoms with Crippen LogP contribution in [0.2, 0.25) is 0 Å². The van der Waals surface area contributed by atoms with E-state index in [2.05, 4.69) is 17.0 Å². The molecule has 0 aliphatic carbocycles. The number of rotatable bonds is 2. The third-order valence-electron chi connectivity index (χ3n) is 1.50. The molecule has 0 fully saturated rings. The highest BCUT2D eigenvalue weighted by molar-refractivity contribution is 5.43. The van der Waals surface area contributed by atoms with E-state index in [1.807, 2.05) is 39.2 Å². The van der Waals surface area contributed by atoms with E-state index in [-0.39, 0.29) is 0 Å². The highest BCUT2D eigenvalue weighted by Gasteiger charge is 1.87. The fraction of sp³-hybridized carbons (Fsp3) is 0.455. The van der Waals surface area contributed by atoms with E-state index < -0.39 is 0 Å². The van der Waals surface area contributed by atoms with Crippen LogP contribution in [0.15, 0.2) is 30.3 Å². The molecule has 0 atom stereocenters. The standard InChI is InChI=1S/C8H11N.C3H8O/c1-9(2)8-6-4-3-5-7-8;1-2-3-4/h3-7H,1-2H3;4H,2-3H2,1H3. The second-order valence-electron chi connectivity index (χ2n) is 2.95. The van der Waals surface area contributed by atoms with Gasteiger partial charge in [-0.2, -0.15) is 0 Å². The van der Waals surface area contributed by atoms with Gasteiger partial charge in [-0.1, -0.05) is 25.1 Å². The molecule has 0 saturated heterocycles. The lowest BCUT2D eigenvalue weighted by molar-refractivity contribution is 0.295. The summed E-state index contributed by atoms with van der Waals surface area (Å²) in [5.74, 6) is 0. The fourth-order valence-electron chi connectivity index (χ4n) is 0.726. The summed E-state index contributed by atoms with van der Waals surface area (Å²) in [7, 11) is 4.07. The maximum atomic E-state index is 7.88. The first-order valence-electron chi connectivity index (χ1n) is 4.55. The summed E-state index contributed by atoms with van der Waals surface area (Å²) in [6, 6.07) is 10.3. The highest BCUT2D eigenvalue weighted by atomic mass is 16.2. The number of nitrogens with zero attached hydrogens (tertiary/aromatic N) is 1. The zero-order valence-electron chi connectivity index (χ0n) is 8.70. The van der Waals surface area contributed by atoms with E-state index >= 15 is 0 Å². The Morgan fingerprint density at radius 2 is 1.62 bits per heavy atom. The third-order valence-corrected chi connectivity index (χ3v) is 1.50. The summed E-state index contributed by atoms with van der Waals surface area (Å²) in [6.45, 7) is 2.25. The average molecular weight is 181 g/mol. The molecule has 0 spiro atoms. The van der Waals surface area contributed by atoms with E-state index in [9.17, 15) is 0 Å². The topological polar surface area (TPSA) is 23.5 Å². The summed E-state index contributed by atoms with van der Waals surface area (Å²) >= 11 is 0. The van der Waals surface area contributed by atoms with Gasteiger partial charge in [0, 0.05) is 26.4 Å². The van der Waals surface area contributed by atoms with E-state index in [0.717, 1.165) is 6.42 Å². The van der Waals surface area contributed by atoms with Crippen LogP contribution in [0.4, 0.5) is 5.69 Å². The van der Waals surface area contributed by atoms with Gasteiger partial charge in [-0.05, 0) is 18.6 Å². The van der Waals surface area contributed by atoms with Gasteiger partial charge < -0.3 is 10.0 Å². The maximum absolute atomic E-state index is 7.88. The van der Waals surface area contributed by atoms with Gasteiger partial charge in [0.15, 0.2) is 0 Å². The number of benzene rings is 1. The first-order valence-corrected chi connectivity index (χ1v) is 4.55. The van der Waals surface area contributed by atoms with Gasteiger partial charge in [0.25, 0.3) is 0 Å². The molecule has 13 heavy (non-hydrogen) atoms. The molecule has 0 aliphatic rings. The minimum absolute atomic E-state index is 0.319. The summed E-state index contributed by atoms with van der Waals surface area (Å²) in [5, 5.41) is 7.88. The Kier molecular flexibility index (Phi) is 7.02. The average Bonchev–Trinajstić information content (AvgIpc) is 2.19. The zero-order valence-corrected chi connectivity index (χ0v) is 8.70. The Morgan fingerprint density at radius 1 is 1.15 bits per heavy atom. The van der Waals surface area contributed by atoms with Crippen molar-refractivity contribution in [3.8, 4) is 0 Å². The van der Waals surface area contributed by atoms with Crippen molar-refractivity contribution in [2.24, 2.45) is 0 Å². The molecule has 2 heteroatoms.